The molecule has 0 spiro atoms. The second-order valence-corrected chi connectivity index (χ2v) is 9.23. The molecule has 0 aliphatic rings. The third kappa shape index (κ3) is 16.7. The Morgan fingerprint density at radius 2 is 1.08 bits per heavy atom. The molecule has 3 unspecified atom stereocenters. The molecule has 0 saturated heterocycles. The highest BCUT2D eigenvalue weighted by molar-refractivity contribution is 5.12. The monoisotopic (exact) mass is 348 g/mol. The quantitative estimate of drug-likeness (QED) is 0.244. The van der Waals surface area contributed by atoms with Crippen LogP contribution in [-0.4, -0.2) is 0 Å². The Morgan fingerprint density at radius 1 is 0.680 bits per heavy atom. The molecule has 0 amide bonds. The molecule has 3 atom stereocenters. The molecule has 25 heavy (non-hydrogen) atoms. The van der Waals surface area contributed by atoms with Crippen LogP contribution in [0.1, 0.15) is 112 Å². The van der Waals surface area contributed by atoms with E-state index in [0.717, 1.165) is 23.7 Å². The number of allylic oxidation sites excluding steroid dienone is 3. The summed E-state index contributed by atoms with van der Waals surface area (Å²) in [7, 11) is 0. The molecule has 0 heteroatoms. The summed E-state index contributed by atoms with van der Waals surface area (Å²) in [5.41, 5.74) is 1.32. The van der Waals surface area contributed by atoms with E-state index in [1.165, 1.54) is 76.2 Å². The molecule has 0 aliphatic heterocycles. The van der Waals surface area contributed by atoms with Crippen LogP contribution in [0.5, 0.6) is 0 Å². The number of hydrogen-bond acceptors (Lipinski definition) is 0. The Labute approximate surface area is 160 Å². The molecule has 0 heterocycles. The van der Waals surface area contributed by atoms with E-state index in [-0.39, 0.29) is 0 Å². The van der Waals surface area contributed by atoms with E-state index in [0.29, 0.717) is 0 Å². The minimum atomic E-state index is 0.863. The van der Waals surface area contributed by atoms with Crippen molar-refractivity contribution in [2.45, 2.75) is 112 Å². The zero-order chi connectivity index (χ0) is 19.1. The van der Waals surface area contributed by atoms with Crippen molar-refractivity contribution in [1.82, 2.24) is 0 Å². The first-order chi connectivity index (χ1) is 11.8. The van der Waals surface area contributed by atoms with Crippen molar-refractivity contribution in [2.24, 2.45) is 23.7 Å². The minimum Gasteiger partial charge on any atom is -0.0988 e. The van der Waals surface area contributed by atoms with Crippen LogP contribution in [0.25, 0.3) is 0 Å². The van der Waals surface area contributed by atoms with Crippen LogP contribution in [-0.2, 0) is 0 Å². The lowest BCUT2D eigenvalue weighted by molar-refractivity contribution is 0.375. The average molecular weight is 349 g/mol. The van der Waals surface area contributed by atoms with E-state index in [9.17, 15) is 0 Å². The topological polar surface area (TPSA) is 0 Å². The van der Waals surface area contributed by atoms with Gasteiger partial charge in [-0.25, -0.2) is 0 Å². The first kappa shape index (κ1) is 24.5. The highest BCUT2D eigenvalue weighted by Gasteiger charge is 2.08. The Kier molecular flexibility index (Phi) is 15.4. The summed E-state index contributed by atoms with van der Waals surface area (Å²) in [6.45, 7) is 18.0. The lowest BCUT2D eigenvalue weighted by Crippen LogP contribution is -2.01. The highest BCUT2D eigenvalue weighted by Crippen LogP contribution is 2.23. The first-order valence-corrected chi connectivity index (χ1v) is 11.1. The van der Waals surface area contributed by atoms with Crippen molar-refractivity contribution in [1.29, 1.82) is 0 Å². The van der Waals surface area contributed by atoms with Crippen LogP contribution < -0.4 is 0 Å². The van der Waals surface area contributed by atoms with Gasteiger partial charge in [-0.2, -0.15) is 0 Å². The van der Waals surface area contributed by atoms with Crippen LogP contribution in [0.2, 0.25) is 0 Å². The second-order valence-electron chi connectivity index (χ2n) is 9.23. The molecule has 0 nitrogen and oxygen atoms in total. The molecule has 0 aromatic rings. The maximum atomic E-state index is 3.82. The molecular formula is C25H48. The van der Waals surface area contributed by atoms with E-state index in [1.807, 2.05) is 6.08 Å². The molecule has 0 radical (unpaired) electrons. The van der Waals surface area contributed by atoms with Crippen LogP contribution in [0.4, 0.5) is 0 Å². The summed E-state index contributed by atoms with van der Waals surface area (Å²) >= 11 is 0. The third-order valence-corrected chi connectivity index (χ3v) is 5.71. The van der Waals surface area contributed by atoms with E-state index in [2.05, 4.69) is 54.2 Å². The zero-order valence-electron chi connectivity index (χ0n) is 18.4. The van der Waals surface area contributed by atoms with E-state index in [1.54, 1.807) is 0 Å². The fourth-order valence-corrected chi connectivity index (χ4v) is 3.62. The third-order valence-electron chi connectivity index (χ3n) is 5.71. The van der Waals surface area contributed by atoms with Gasteiger partial charge < -0.3 is 0 Å². The fourth-order valence-electron chi connectivity index (χ4n) is 3.62. The standard InChI is InChI=1S/C25H48/c1-8-22(4)14-10-16-24(6)18-12-20-25(7)19-11-17-23(5)15-9-13-21(2)3/h8,14,21,23-25H,1,9-13,15-20H2,2-7H3/b22-14+. The molecular weight excluding hydrogens is 300 g/mol. The summed E-state index contributed by atoms with van der Waals surface area (Å²) in [6, 6.07) is 0. The largest absolute Gasteiger partial charge is 0.0988 e. The Morgan fingerprint density at radius 3 is 1.48 bits per heavy atom. The molecule has 0 aromatic carbocycles. The molecule has 0 N–H and O–H groups in total. The van der Waals surface area contributed by atoms with Crippen LogP contribution in [0, 0.1) is 23.7 Å². The van der Waals surface area contributed by atoms with Crippen molar-refractivity contribution in [3.63, 3.8) is 0 Å². The molecule has 0 aliphatic carbocycles. The van der Waals surface area contributed by atoms with Gasteiger partial charge in [0.15, 0.2) is 0 Å². The van der Waals surface area contributed by atoms with Crippen molar-refractivity contribution < 1.29 is 0 Å². The number of rotatable bonds is 16. The SMILES string of the molecule is C=C/C(C)=C/CCC(C)CCCC(C)CCCC(C)CCCC(C)C. The van der Waals surface area contributed by atoms with Crippen LogP contribution >= 0.6 is 0 Å². The van der Waals surface area contributed by atoms with Gasteiger partial charge in [0.05, 0.1) is 0 Å². The molecule has 148 valence electrons. The summed E-state index contributed by atoms with van der Waals surface area (Å²) < 4.78 is 0. The second kappa shape index (κ2) is 15.7. The van der Waals surface area contributed by atoms with Crippen LogP contribution in [0.15, 0.2) is 24.3 Å². The number of hydrogen-bond donors (Lipinski definition) is 0. The van der Waals surface area contributed by atoms with Gasteiger partial charge in [-0.3, -0.25) is 0 Å². The zero-order valence-corrected chi connectivity index (χ0v) is 18.4. The summed E-state index contributed by atoms with van der Waals surface area (Å²) in [5.74, 6) is 3.58. The predicted molar refractivity (Wildman–Crippen MR) is 117 cm³/mol. The van der Waals surface area contributed by atoms with Crippen molar-refractivity contribution in [3.05, 3.63) is 24.3 Å². The fraction of sp³-hybridized carbons (Fsp3) is 0.840. The summed E-state index contributed by atoms with van der Waals surface area (Å²) in [5, 5.41) is 0. The van der Waals surface area contributed by atoms with Crippen molar-refractivity contribution in [2.75, 3.05) is 0 Å². The lowest BCUT2D eigenvalue weighted by atomic mass is 9.90. The first-order valence-electron chi connectivity index (χ1n) is 11.1. The van der Waals surface area contributed by atoms with Gasteiger partial charge in [-0.1, -0.05) is 117 Å². The lowest BCUT2D eigenvalue weighted by Gasteiger charge is -2.16. The Bertz CT molecular complexity index is 336. The van der Waals surface area contributed by atoms with Crippen molar-refractivity contribution >= 4 is 0 Å². The minimum absolute atomic E-state index is 0.863. The summed E-state index contributed by atoms with van der Waals surface area (Å²) in [6.07, 6.45) is 19.6. The maximum Gasteiger partial charge on any atom is -0.0342 e. The van der Waals surface area contributed by atoms with Gasteiger partial charge in [0.2, 0.25) is 0 Å². The molecule has 0 saturated carbocycles. The van der Waals surface area contributed by atoms with Gasteiger partial charge >= 0.3 is 0 Å². The normalized spacial score (nSPS) is 16.0. The van der Waals surface area contributed by atoms with Crippen LogP contribution in [0.3, 0.4) is 0 Å². The molecule has 0 rings (SSSR count). The van der Waals surface area contributed by atoms with Gasteiger partial charge in [0, 0.05) is 0 Å². The Balaban J connectivity index is 3.60. The maximum absolute atomic E-state index is 3.82. The highest BCUT2D eigenvalue weighted by atomic mass is 14.1. The summed E-state index contributed by atoms with van der Waals surface area (Å²) in [4.78, 5) is 0. The molecule has 0 aromatic heterocycles. The van der Waals surface area contributed by atoms with Gasteiger partial charge in [0.1, 0.15) is 0 Å². The van der Waals surface area contributed by atoms with Gasteiger partial charge in [-0.05, 0) is 43.4 Å². The predicted octanol–water partition coefficient (Wildman–Crippen LogP) is 8.97. The van der Waals surface area contributed by atoms with E-state index < -0.39 is 0 Å². The van der Waals surface area contributed by atoms with Crippen molar-refractivity contribution in [3.8, 4) is 0 Å². The van der Waals surface area contributed by atoms with E-state index >= 15 is 0 Å². The van der Waals surface area contributed by atoms with Gasteiger partial charge in [-0.15, -0.1) is 0 Å². The molecule has 0 bridgehead atoms. The average Bonchev–Trinajstić information content (AvgIpc) is 2.54. The van der Waals surface area contributed by atoms with E-state index in [4.69, 9.17) is 0 Å². The Hall–Kier alpha value is -0.520. The van der Waals surface area contributed by atoms with Gasteiger partial charge in [0.25, 0.3) is 0 Å². The smallest absolute Gasteiger partial charge is 0.0342 e. The molecule has 0 fully saturated rings.